The van der Waals surface area contributed by atoms with Crippen LogP contribution in [0.15, 0.2) is 76.8 Å². The molecule has 2 aliphatic heterocycles. The molecule has 0 unspecified atom stereocenters. The van der Waals surface area contributed by atoms with Crippen LogP contribution in [-0.4, -0.2) is 109 Å². The van der Waals surface area contributed by atoms with Crippen LogP contribution in [0.3, 0.4) is 0 Å². The first-order valence-electron chi connectivity index (χ1n) is 16.9. The van der Waals surface area contributed by atoms with Crippen LogP contribution in [0.5, 0.6) is 0 Å². The number of allylic oxidation sites excluding steroid dienone is 6. The molecule has 18 heteroatoms. The van der Waals surface area contributed by atoms with E-state index in [4.69, 9.17) is 39.0 Å². The largest absolute Gasteiger partial charge is 1.00 e. The number of amides is 2. The van der Waals surface area contributed by atoms with Crippen molar-refractivity contribution in [1.82, 2.24) is 9.80 Å². The third-order valence-corrected chi connectivity index (χ3v) is 7.34. The quantitative estimate of drug-likeness (QED) is 0.0618. The first kappa shape index (κ1) is 54.8. The van der Waals surface area contributed by atoms with E-state index in [0.29, 0.717) is 42.5 Å². The Labute approximate surface area is 375 Å². The maximum Gasteiger partial charge on any atom is 1.00 e. The van der Waals surface area contributed by atoms with E-state index in [2.05, 4.69) is 11.0 Å². The molecular formula is C38H52BN2Na2O13+. The van der Waals surface area contributed by atoms with E-state index in [1.54, 1.807) is 29.2 Å². The van der Waals surface area contributed by atoms with Gasteiger partial charge in [0.2, 0.25) is 0 Å². The van der Waals surface area contributed by atoms with Crippen LogP contribution < -0.4 is 64.4 Å². The fourth-order valence-corrected chi connectivity index (χ4v) is 4.79. The molecule has 15 nitrogen and oxygen atoms in total. The molecule has 0 aromatic heterocycles. The van der Waals surface area contributed by atoms with Crippen LogP contribution in [0.25, 0.3) is 5.57 Å². The standard InChI is InChI=1S/C18H23NO4.C13H21NO4.C6H6BO2.CH2O3.2Na.H/c1-18(2,3)23-17(21)19-11-10-14(13-8-6-5-7-9-13)15(12-19)16(20)22-4;1-9-6-7-14(8-10(9)11(15)17-5)12(16)18-13(2,3)4;8-7(9)6-4-2-1-3-5-6;2-1-4-3;;;/h5-9H,10-12H2,1-4H3;6-8H2,1-5H3;2-5,8-9H;1,3H;;;/q;;+1;;2*+1;-1/p-1. The molecule has 2 N–H and O–H groups in total. The van der Waals surface area contributed by atoms with Gasteiger partial charge in [0.05, 0.1) is 43.9 Å². The van der Waals surface area contributed by atoms with Gasteiger partial charge < -0.3 is 50.4 Å². The molecule has 2 amide bonds. The Hall–Kier alpha value is -3.28. The smallest absolute Gasteiger partial charge is 1.00 e. The van der Waals surface area contributed by atoms with Crippen LogP contribution in [-0.2, 0) is 38.2 Å². The van der Waals surface area contributed by atoms with Gasteiger partial charge in [-0.3, -0.25) is 4.79 Å². The summed E-state index contributed by atoms with van der Waals surface area (Å²) >= 11 is 0. The second-order valence-electron chi connectivity index (χ2n) is 13.8. The van der Waals surface area contributed by atoms with Crippen LogP contribution in [0.4, 0.5) is 9.59 Å². The Kier molecular flexibility index (Phi) is 26.8. The van der Waals surface area contributed by atoms with Gasteiger partial charge >= 0.3 is 90.4 Å². The number of benzene rings is 1. The SMILES string of the molecule is COC(=O)C1=C(C)CCN(C(=O)OC(C)(C)C)C1.COC(=O)C1=C(c2ccccc2)CCN(C(=O)OC(C)(C)C)C1.O=CO[O-].OB(O)C1=CC=[C+]C=C1.[H-].[Na+].[Na+]. The summed E-state index contributed by atoms with van der Waals surface area (Å²) in [5.74, 6) is -0.780. The van der Waals surface area contributed by atoms with Gasteiger partial charge in [0.25, 0.3) is 6.47 Å². The van der Waals surface area contributed by atoms with E-state index in [1.165, 1.54) is 19.1 Å². The first-order chi connectivity index (χ1) is 25.3. The fraction of sp³-hybridized carbons (Fsp3) is 0.447. The van der Waals surface area contributed by atoms with Gasteiger partial charge in [0.1, 0.15) is 23.4 Å². The van der Waals surface area contributed by atoms with E-state index >= 15 is 0 Å². The summed E-state index contributed by atoms with van der Waals surface area (Å²) in [7, 11) is 1.33. The number of esters is 2. The molecule has 0 fully saturated rings. The molecule has 2 heterocycles. The molecule has 1 aromatic carbocycles. The predicted molar refractivity (Wildman–Crippen MR) is 198 cm³/mol. The van der Waals surface area contributed by atoms with Crippen molar-refractivity contribution in [2.24, 2.45) is 0 Å². The summed E-state index contributed by atoms with van der Waals surface area (Å²) in [4.78, 5) is 62.2. The van der Waals surface area contributed by atoms with E-state index in [-0.39, 0.29) is 86.1 Å². The molecular weight excluding hydrogens is 749 g/mol. The van der Waals surface area contributed by atoms with E-state index in [1.807, 2.05) is 78.8 Å². The summed E-state index contributed by atoms with van der Waals surface area (Å²) in [6.07, 6.45) is 9.69. The van der Waals surface area contributed by atoms with Crippen LogP contribution in [0.2, 0.25) is 0 Å². The van der Waals surface area contributed by atoms with E-state index in [0.717, 1.165) is 16.7 Å². The average Bonchev–Trinajstić information content (AvgIpc) is 3.14. The molecule has 0 saturated heterocycles. The number of hydrogen-bond donors (Lipinski definition) is 2. The number of carbonyl (C=O) groups is 5. The fourth-order valence-electron chi connectivity index (χ4n) is 4.79. The van der Waals surface area contributed by atoms with Crippen molar-refractivity contribution in [3.8, 4) is 0 Å². The van der Waals surface area contributed by atoms with Crippen molar-refractivity contribution in [2.45, 2.75) is 72.5 Å². The number of methoxy groups -OCH3 is 2. The van der Waals surface area contributed by atoms with Gasteiger partial charge in [-0.1, -0.05) is 35.9 Å². The monoisotopic (exact) mass is 801 g/mol. The third kappa shape index (κ3) is 20.8. The van der Waals surface area contributed by atoms with Crippen LogP contribution in [0.1, 0.15) is 68.3 Å². The van der Waals surface area contributed by atoms with Gasteiger partial charge in [-0.05, 0) is 72.4 Å². The molecule has 0 atom stereocenters. The van der Waals surface area contributed by atoms with Gasteiger partial charge in [0.15, 0.2) is 0 Å². The summed E-state index contributed by atoms with van der Waals surface area (Å²) in [5.41, 5.74) is 3.35. The zero-order valence-electron chi connectivity index (χ0n) is 35.4. The number of carbonyl (C=O) groups excluding carboxylic acids is 5. The zero-order chi connectivity index (χ0) is 41.1. The minimum Gasteiger partial charge on any atom is -1.00 e. The average molecular weight is 802 g/mol. The van der Waals surface area contributed by atoms with Crippen molar-refractivity contribution >= 4 is 43.3 Å². The molecule has 56 heavy (non-hydrogen) atoms. The molecule has 1 aromatic rings. The summed E-state index contributed by atoms with van der Waals surface area (Å²) < 4.78 is 20.3. The van der Waals surface area contributed by atoms with Crippen molar-refractivity contribution < 1.29 is 124 Å². The normalized spacial score (nSPS) is 14.4. The molecule has 0 bridgehead atoms. The number of ether oxygens (including phenoxy) is 4. The second-order valence-corrected chi connectivity index (χ2v) is 13.8. The number of rotatable bonds is 5. The zero-order valence-corrected chi connectivity index (χ0v) is 38.4. The molecule has 0 saturated carbocycles. The van der Waals surface area contributed by atoms with Crippen LogP contribution in [0, 0.1) is 6.08 Å². The Morgan fingerprint density at radius 3 is 1.70 bits per heavy atom. The summed E-state index contributed by atoms with van der Waals surface area (Å²) in [5, 5.41) is 25.6. The first-order valence-corrected chi connectivity index (χ1v) is 16.9. The van der Waals surface area contributed by atoms with Crippen molar-refractivity contribution in [1.29, 1.82) is 0 Å². The minimum absolute atomic E-state index is 0. The minimum atomic E-state index is -1.36. The molecule has 0 spiro atoms. The number of hydrogen-bond acceptors (Lipinski definition) is 13. The Morgan fingerprint density at radius 2 is 1.30 bits per heavy atom. The van der Waals surface area contributed by atoms with Crippen molar-refractivity contribution in [3.05, 3.63) is 88.5 Å². The molecule has 3 aliphatic rings. The Morgan fingerprint density at radius 1 is 0.839 bits per heavy atom. The van der Waals surface area contributed by atoms with Gasteiger partial charge in [-0.15, -0.1) is 0 Å². The maximum atomic E-state index is 12.2. The number of nitrogens with zero attached hydrogens (tertiary/aromatic N) is 2. The Bertz CT molecular complexity index is 1600. The van der Waals surface area contributed by atoms with Crippen LogP contribution >= 0.6 is 0 Å². The summed E-state index contributed by atoms with van der Waals surface area (Å²) in [6, 6.07) is 9.70. The second kappa shape index (κ2) is 27.4. The van der Waals surface area contributed by atoms with E-state index < -0.39 is 36.5 Å². The van der Waals surface area contributed by atoms with Gasteiger partial charge in [-0.25, -0.2) is 19.2 Å². The molecule has 4 rings (SSSR count). The van der Waals surface area contributed by atoms with Crippen molar-refractivity contribution in [2.75, 3.05) is 40.4 Å². The molecule has 296 valence electrons. The van der Waals surface area contributed by atoms with Crippen molar-refractivity contribution in [3.63, 3.8) is 0 Å². The third-order valence-electron chi connectivity index (χ3n) is 7.34. The van der Waals surface area contributed by atoms with Gasteiger partial charge in [-0.2, -0.15) is 0 Å². The Balaban J connectivity index is -0.000000762. The maximum absolute atomic E-state index is 12.2. The van der Waals surface area contributed by atoms with Gasteiger partial charge in [0, 0.05) is 31.3 Å². The molecule has 0 radical (unpaired) electrons. The summed E-state index contributed by atoms with van der Waals surface area (Å²) in [6.45, 7) is 14.2. The predicted octanol–water partition coefficient (Wildman–Crippen LogP) is -2.22. The molecule has 1 aliphatic carbocycles. The van der Waals surface area contributed by atoms with E-state index in [9.17, 15) is 19.2 Å². The topological polar surface area (TPSA) is 202 Å².